The van der Waals surface area contributed by atoms with Crippen LogP contribution in [0.1, 0.15) is 49.2 Å². The van der Waals surface area contributed by atoms with Crippen LogP contribution in [-0.2, 0) is 17.5 Å². The molecule has 3 aromatic carbocycles. The van der Waals surface area contributed by atoms with Crippen molar-refractivity contribution in [2.45, 2.75) is 40.4 Å². The number of benzene rings is 3. The first-order valence-corrected chi connectivity index (χ1v) is 13.1. The van der Waals surface area contributed by atoms with Crippen molar-refractivity contribution < 1.29 is 27.5 Å². The number of carbonyl (C=O) groups excluding carboxylic acids is 2. The molecule has 1 aromatic heterocycles. The first-order valence-electron chi connectivity index (χ1n) is 12.8. The average molecular weight is 585 g/mol. The van der Waals surface area contributed by atoms with Crippen molar-refractivity contribution in [2.24, 2.45) is 5.41 Å². The summed E-state index contributed by atoms with van der Waals surface area (Å²) < 4.78 is 45.5. The predicted molar refractivity (Wildman–Crippen MR) is 152 cm³/mol. The molecule has 0 atom stereocenters. The van der Waals surface area contributed by atoms with Crippen LogP contribution in [0.3, 0.4) is 0 Å². The van der Waals surface area contributed by atoms with E-state index in [4.69, 9.17) is 16.3 Å². The molecule has 4 rings (SSSR count). The Morgan fingerprint density at radius 2 is 1.73 bits per heavy atom. The molecule has 41 heavy (non-hydrogen) atoms. The lowest BCUT2D eigenvalue weighted by atomic mass is 9.95. The van der Waals surface area contributed by atoms with E-state index >= 15 is 0 Å². The van der Waals surface area contributed by atoms with E-state index in [2.05, 4.69) is 20.6 Å². The molecular weight excluding hydrogens is 557 g/mol. The quantitative estimate of drug-likeness (QED) is 0.238. The number of hydrogen-bond donors (Lipinski definition) is 2. The van der Waals surface area contributed by atoms with Crippen molar-refractivity contribution in [1.29, 1.82) is 0 Å². The van der Waals surface area contributed by atoms with Crippen molar-refractivity contribution in [2.75, 3.05) is 11.9 Å². The lowest BCUT2D eigenvalue weighted by Crippen LogP contribution is -2.34. The molecule has 0 saturated heterocycles. The number of aromatic nitrogens is 2. The second-order valence-electron chi connectivity index (χ2n) is 10.3. The number of ether oxygens (including phenoxy) is 1. The van der Waals surface area contributed by atoms with Crippen LogP contribution < -0.4 is 15.4 Å². The van der Waals surface area contributed by atoms with Crippen molar-refractivity contribution >= 4 is 40.0 Å². The highest BCUT2D eigenvalue weighted by Gasteiger charge is 2.30. The normalized spacial score (nSPS) is 11.8. The summed E-state index contributed by atoms with van der Waals surface area (Å²) in [6, 6.07) is 14.5. The monoisotopic (exact) mass is 584 g/mol. The molecule has 4 aromatic rings. The van der Waals surface area contributed by atoms with Gasteiger partial charge in [-0.3, -0.25) is 9.59 Å². The zero-order chi connectivity index (χ0) is 29.9. The van der Waals surface area contributed by atoms with Crippen molar-refractivity contribution in [3.8, 4) is 17.3 Å². The second kappa shape index (κ2) is 11.7. The minimum absolute atomic E-state index is 0.0450. The number of rotatable bonds is 7. The first-order chi connectivity index (χ1) is 19.3. The predicted octanol–water partition coefficient (Wildman–Crippen LogP) is 7.28. The summed E-state index contributed by atoms with van der Waals surface area (Å²) in [4.78, 5) is 34.2. The standard InChI is InChI=1S/C30H28ClF3N4O3/c1-5-41-27-21-11-10-20(15-24(21)37-25(38-27)18-7-6-8-19(14-18)30(32,33)34)36-26(39)22-13-17(9-12-23(22)31)16-35-28(40)29(2,3)4/h6-15H,5,16H2,1-4H3,(H,35,40)(H,36,39). The van der Waals surface area contributed by atoms with E-state index in [1.54, 1.807) is 64.1 Å². The Morgan fingerprint density at radius 1 is 0.976 bits per heavy atom. The molecule has 0 bridgehead atoms. The Morgan fingerprint density at radius 3 is 2.41 bits per heavy atom. The van der Waals surface area contributed by atoms with Gasteiger partial charge in [-0.25, -0.2) is 4.98 Å². The molecule has 0 fully saturated rings. The summed E-state index contributed by atoms with van der Waals surface area (Å²) in [6.45, 7) is 7.67. The van der Waals surface area contributed by atoms with Crippen LogP contribution >= 0.6 is 11.6 Å². The number of alkyl halides is 3. The molecule has 0 radical (unpaired) electrons. The maximum absolute atomic E-state index is 13.3. The minimum Gasteiger partial charge on any atom is -0.477 e. The SMILES string of the molecule is CCOc1nc(-c2cccc(C(F)(F)F)c2)nc2cc(NC(=O)c3cc(CNC(=O)C(C)(C)C)ccc3Cl)ccc12. The summed E-state index contributed by atoms with van der Waals surface area (Å²) >= 11 is 6.31. The lowest BCUT2D eigenvalue weighted by Gasteiger charge is -2.18. The van der Waals surface area contributed by atoms with Crippen LogP contribution in [-0.4, -0.2) is 28.4 Å². The number of fused-ring (bicyclic) bond motifs is 1. The largest absolute Gasteiger partial charge is 0.477 e. The molecule has 0 aliphatic heterocycles. The highest BCUT2D eigenvalue weighted by Crippen LogP contribution is 2.33. The fourth-order valence-corrected chi connectivity index (χ4v) is 4.09. The summed E-state index contributed by atoms with van der Waals surface area (Å²) in [5, 5.41) is 6.37. The average Bonchev–Trinajstić information content (AvgIpc) is 2.91. The Bertz CT molecular complexity index is 1620. The van der Waals surface area contributed by atoms with Crippen molar-refractivity contribution in [3.63, 3.8) is 0 Å². The molecule has 2 amide bonds. The second-order valence-corrected chi connectivity index (χ2v) is 10.7. The van der Waals surface area contributed by atoms with Gasteiger partial charge in [-0.1, -0.05) is 50.6 Å². The van der Waals surface area contributed by atoms with Gasteiger partial charge in [0.2, 0.25) is 11.8 Å². The highest BCUT2D eigenvalue weighted by molar-refractivity contribution is 6.34. The van der Waals surface area contributed by atoms with E-state index in [1.807, 2.05) is 0 Å². The zero-order valence-electron chi connectivity index (χ0n) is 22.8. The number of nitrogens with one attached hydrogen (secondary N) is 2. The van der Waals surface area contributed by atoms with Crippen LogP contribution in [0.4, 0.5) is 18.9 Å². The maximum atomic E-state index is 13.3. The van der Waals surface area contributed by atoms with Gasteiger partial charge in [-0.05, 0) is 55.0 Å². The Kier molecular flexibility index (Phi) is 8.53. The van der Waals surface area contributed by atoms with E-state index in [9.17, 15) is 22.8 Å². The van der Waals surface area contributed by atoms with Gasteiger partial charge >= 0.3 is 6.18 Å². The molecule has 214 valence electrons. The molecule has 0 aliphatic carbocycles. The lowest BCUT2D eigenvalue weighted by molar-refractivity contribution is -0.137. The van der Waals surface area contributed by atoms with Gasteiger partial charge in [0.1, 0.15) is 0 Å². The Hall–Kier alpha value is -4.18. The van der Waals surface area contributed by atoms with Gasteiger partial charge in [-0.15, -0.1) is 0 Å². The minimum atomic E-state index is -4.52. The van der Waals surface area contributed by atoms with E-state index in [0.717, 1.165) is 12.1 Å². The molecule has 11 heteroatoms. The number of halogens is 4. The summed E-state index contributed by atoms with van der Waals surface area (Å²) in [5.74, 6) is -0.373. The molecule has 0 saturated carbocycles. The third kappa shape index (κ3) is 7.13. The summed E-state index contributed by atoms with van der Waals surface area (Å²) in [5.41, 5.74) is 0.413. The number of amides is 2. The summed E-state index contributed by atoms with van der Waals surface area (Å²) in [6.07, 6.45) is -4.52. The van der Waals surface area contributed by atoms with Gasteiger partial charge in [0.05, 0.1) is 33.7 Å². The zero-order valence-corrected chi connectivity index (χ0v) is 23.6. The number of nitrogens with zero attached hydrogens (tertiary/aromatic N) is 2. The van der Waals surface area contributed by atoms with Crippen LogP contribution in [0.5, 0.6) is 5.88 Å². The van der Waals surface area contributed by atoms with Crippen LogP contribution in [0, 0.1) is 5.41 Å². The Balaban J connectivity index is 1.64. The first kappa shape index (κ1) is 29.8. The molecule has 0 spiro atoms. The van der Waals surface area contributed by atoms with Gasteiger partial charge in [-0.2, -0.15) is 18.2 Å². The summed E-state index contributed by atoms with van der Waals surface area (Å²) in [7, 11) is 0. The molecule has 0 unspecified atom stereocenters. The van der Waals surface area contributed by atoms with Gasteiger partial charge in [0, 0.05) is 23.2 Å². The van der Waals surface area contributed by atoms with Gasteiger partial charge < -0.3 is 15.4 Å². The van der Waals surface area contributed by atoms with Gasteiger partial charge in [0.15, 0.2) is 5.82 Å². The molecular formula is C30H28ClF3N4O3. The van der Waals surface area contributed by atoms with E-state index in [1.165, 1.54) is 12.1 Å². The van der Waals surface area contributed by atoms with E-state index in [0.29, 0.717) is 22.2 Å². The van der Waals surface area contributed by atoms with Gasteiger partial charge in [0.25, 0.3) is 5.91 Å². The third-order valence-corrected chi connectivity index (χ3v) is 6.39. The maximum Gasteiger partial charge on any atom is 0.416 e. The number of carbonyl (C=O) groups is 2. The van der Waals surface area contributed by atoms with E-state index in [-0.39, 0.29) is 46.9 Å². The molecule has 7 nitrogen and oxygen atoms in total. The number of hydrogen-bond acceptors (Lipinski definition) is 5. The fraction of sp³-hybridized carbons (Fsp3) is 0.267. The molecule has 1 heterocycles. The third-order valence-electron chi connectivity index (χ3n) is 6.06. The fourth-order valence-electron chi connectivity index (χ4n) is 3.89. The number of anilines is 1. The van der Waals surface area contributed by atoms with Crippen LogP contribution in [0.15, 0.2) is 60.7 Å². The van der Waals surface area contributed by atoms with Crippen molar-refractivity contribution in [1.82, 2.24) is 15.3 Å². The van der Waals surface area contributed by atoms with Crippen LogP contribution in [0.2, 0.25) is 5.02 Å². The molecule has 2 N–H and O–H groups in total. The smallest absolute Gasteiger partial charge is 0.416 e. The highest BCUT2D eigenvalue weighted by atomic mass is 35.5. The topological polar surface area (TPSA) is 93.2 Å². The Labute approximate surface area is 240 Å². The molecule has 0 aliphatic rings. The van der Waals surface area contributed by atoms with Crippen LogP contribution in [0.25, 0.3) is 22.3 Å². The van der Waals surface area contributed by atoms with E-state index < -0.39 is 23.1 Å². The van der Waals surface area contributed by atoms with Crippen molar-refractivity contribution in [3.05, 3.63) is 82.4 Å².